The fourth-order valence-corrected chi connectivity index (χ4v) is 1.27. The maximum Gasteiger partial charge on any atom is 0.225 e. The molecule has 15 heavy (non-hydrogen) atoms. The Morgan fingerprint density at radius 3 is 2.73 bits per heavy atom. The van der Waals surface area contributed by atoms with Gasteiger partial charge in [-0.3, -0.25) is 4.79 Å². The number of aryl methyl sites for hydroxylation is 1. The molecule has 1 amide bonds. The molecule has 1 aromatic rings. The molecule has 0 aliphatic heterocycles. The largest absolute Gasteiger partial charge is 0.326 e. The molecule has 0 atom stereocenters. The highest BCUT2D eigenvalue weighted by Crippen LogP contribution is 2.13. The van der Waals surface area contributed by atoms with Gasteiger partial charge < -0.3 is 10.6 Å². The van der Waals surface area contributed by atoms with Gasteiger partial charge in [-0.05, 0) is 37.7 Å². The van der Waals surface area contributed by atoms with Crippen molar-refractivity contribution in [1.82, 2.24) is 5.32 Å². The minimum Gasteiger partial charge on any atom is -0.326 e. The number of nitrogens with one attached hydrogen (secondary N) is 2. The molecule has 82 valence electrons. The minimum absolute atomic E-state index is 0.116. The number of carbonyl (C=O) groups is 1. The predicted octanol–water partition coefficient (Wildman–Crippen LogP) is 1.68. The summed E-state index contributed by atoms with van der Waals surface area (Å²) in [5.74, 6) is -0.451. The summed E-state index contributed by atoms with van der Waals surface area (Å²) in [6.07, 6.45) is 0.381. The Kier molecular flexibility index (Phi) is 4.24. The molecule has 4 heteroatoms. The number of hydrogen-bond acceptors (Lipinski definition) is 2. The average molecular weight is 210 g/mol. The molecule has 0 saturated carbocycles. The summed E-state index contributed by atoms with van der Waals surface area (Å²) in [4.78, 5) is 11.3. The molecule has 0 aliphatic rings. The highest BCUT2D eigenvalue weighted by atomic mass is 19.1. The summed E-state index contributed by atoms with van der Waals surface area (Å²) in [6.45, 7) is 2.40. The van der Waals surface area contributed by atoms with E-state index in [1.54, 1.807) is 20.0 Å². The van der Waals surface area contributed by atoms with E-state index >= 15 is 0 Å². The van der Waals surface area contributed by atoms with Gasteiger partial charge in [0, 0.05) is 18.7 Å². The fourth-order valence-electron chi connectivity index (χ4n) is 1.27. The van der Waals surface area contributed by atoms with Gasteiger partial charge in [-0.15, -0.1) is 0 Å². The zero-order chi connectivity index (χ0) is 11.3. The normalized spacial score (nSPS) is 10.1. The quantitative estimate of drug-likeness (QED) is 0.794. The van der Waals surface area contributed by atoms with Crippen LogP contribution in [0.5, 0.6) is 0 Å². The summed E-state index contributed by atoms with van der Waals surface area (Å²) in [6, 6.07) is 4.47. The Hall–Kier alpha value is -1.42. The van der Waals surface area contributed by atoms with Crippen LogP contribution < -0.4 is 10.6 Å². The molecular formula is C11H15FN2O. The summed E-state index contributed by atoms with van der Waals surface area (Å²) >= 11 is 0. The first-order valence-corrected chi connectivity index (χ1v) is 4.83. The topological polar surface area (TPSA) is 41.1 Å². The van der Waals surface area contributed by atoms with Gasteiger partial charge in [0.25, 0.3) is 0 Å². The summed E-state index contributed by atoms with van der Waals surface area (Å²) in [5.41, 5.74) is 1.30. The third-order valence-corrected chi connectivity index (χ3v) is 1.93. The molecule has 1 rings (SSSR count). The standard InChI is InChI=1S/C11H15FN2O/c1-8-5-9(12)7-10(6-8)14-11(15)3-4-13-2/h5-7,13H,3-4H2,1-2H3,(H,14,15). The van der Waals surface area contributed by atoms with Crippen LogP contribution in [0.1, 0.15) is 12.0 Å². The van der Waals surface area contributed by atoms with Crippen LogP contribution in [0.15, 0.2) is 18.2 Å². The number of anilines is 1. The molecule has 3 nitrogen and oxygen atoms in total. The number of amides is 1. The van der Waals surface area contributed by atoms with E-state index in [4.69, 9.17) is 0 Å². The third-order valence-electron chi connectivity index (χ3n) is 1.93. The Labute approximate surface area is 88.7 Å². The van der Waals surface area contributed by atoms with Crippen LogP contribution in [-0.4, -0.2) is 19.5 Å². The van der Waals surface area contributed by atoms with Crippen LogP contribution in [0, 0.1) is 12.7 Å². The second-order valence-electron chi connectivity index (χ2n) is 3.42. The molecule has 0 aromatic heterocycles. The zero-order valence-electron chi connectivity index (χ0n) is 8.93. The molecule has 0 aliphatic carbocycles. The van der Waals surface area contributed by atoms with Gasteiger partial charge in [-0.25, -0.2) is 4.39 Å². The van der Waals surface area contributed by atoms with Crippen molar-refractivity contribution in [2.45, 2.75) is 13.3 Å². The van der Waals surface area contributed by atoms with Crippen LogP contribution in [0.3, 0.4) is 0 Å². The lowest BCUT2D eigenvalue weighted by Gasteiger charge is -2.06. The van der Waals surface area contributed by atoms with Crippen molar-refractivity contribution in [3.63, 3.8) is 0 Å². The van der Waals surface area contributed by atoms with Crippen LogP contribution in [-0.2, 0) is 4.79 Å². The lowest BCUT2D eigenvalue weighted by Crippen LogP contribution is -2.18. The van der Waals surface area contributed by atoms with Gasteiger partial charge in [0.05, 0.1) is 0 Å². The SMILES string of the molecule is CNCCC(=O)Nc1cc(C)cc(F)c1. The molecule has 2 N–H and O–H groups in total. The van der Waals surface area contributed by atoms with Crippen molar-refractivity contribution in [1.29, 1.82) is 0 Å². The van der Waals surface area contributed by atoms with E-state index in [-0.39, 0.29) is 11.7 Å². The van der Waals surface area contributed by atoms with Gasteiger partial charge in [0.2, 0.25) is 5.91 Å². The lowest BCUT2D eigenvalue weighted by molar-refractivity contribution is -0.116. The first-order chi connectivity index (χ1) is 7.11. The monoisotopic (exact) mass is 210 g/mol. The molecule has 0 heterocycles. The molecule has 0 radical (unpaired) electrons. The van der Waals surface area contributed by atoms with Gasteiger partial charge in [-0.1, -0.05) is 0 Å². The number of carbonyl (C=O) groups excluding carboxylic acids is 1. The summed E-state index contributed by atoms with van der Waals surface area (Å²) in [5, 5.41) is 5.51. The van der Waals surface area contributed by atoms with E-state index in [1.165, 1.54) is 12.1 Å². The van der Waals surface area contributed by atoms with E-state index in [9.17, 15) is 9.18 Å². The number of hydrogen-bond donors (Lipinski definition) is 2. The number of benzene rings is 1. The van der Waals surface area contributed by atoms with E-state index in [0.717, 1.165) is 5.56 Å². The summed E-state index contributed by atoms with van der Waals surface area (Å²) < 4.78 is 13.0. The maximum absolute atomic E-state index is 13.0. The van der Waals surface area contributed by atoms with Gasteiger partial charge in [0.15, 0.2) is 0 Å². The first kappa shape index (κ1) is 11.7. The molecule has 0 saturated heterocycles. The highest BCUT2D eigenvalue weighted by molar-refractivity contribution is 5.90. The van der Waals surface area contributed by atoms with E-state index in [2.05, 4.69) is 10.6 Å². The number of rotatable bonds is 4. The van der Waals surface area contributed by atoms with Crippen LogP contribution in [0.4, 0.5) is 10.1 Å². The first-order valence-electron chi connectivity index (χ1n) is 4.83. The van der Waals surface area contributed by atoms with Crippen molar-refractivity contribution in [3.05, 3.63) is 29.6 Å². The summed E-state index contributed by atoms with van der Waals surface area (Å²) in [7, 11) is 1.78. The minimum atomic E-state index is -0.334. The molecule has 1 aromatic carbocycles. The molecule has 0 unspecified atom stereocenters. The predicted molar refractivity (Wildman–Crippen MR) is 58.3 cm³/mol. The molecule has 0 spiro atoms. The third kappa shape index (κ3) is 4.08. The Bertz CT molecular complexity index is 332. The Morgan fingerprint density at radius 1 is 1.40 bits per heavy atom. The zero-order valence-corrected chi connectivity index (χ0v) is 8.93. The molecule has 0 bridgehead atoms. The molecular weight excluding hydrogens is 195 g/mol. The van der Waals surface area contributed by atoms with E-state index < -0.39 is 0 Å². The van der Waals surface area contributed by atoms with Crippen molar-refractivity contribution >= 4 is 11.6 Å². The van der Waals surface area contributed by atoms with E-state index in [1.807, 2.05) is 0 Å². The van der Waals surface area contributed by atoms with Crippen molar-refractivity contribution < 1.29 is 9.18 Å². The maximum atomic E-state index is 13.0. The van der Waals surface area contributed by atoms with Gasteiger partial charge >= 0.3 is 0 Å². The Balaban J connectivity index is 2.60. The van der Waals surface area contributed by atoms with Gasteiger partial charge in [-0.2, -0.15) is 0 Å². The van der Waals surface area contributed by atoms with Crippen molar-refractivity contribution in [2.75, 3.05) is 18.9 Å². The highest BCUT2D eigenvalue weighted by Gasteiger charge is 2.03. The molecule has 0 fully saturated rings. The lowest BCUT2D eigenvalue weighted by atomic mass is 10.2. The van der Waals surface area contributed by atoms with Crippen molar-refractivity contribution in [2.24, 2.45) is 0 Å². The number of halogens is 1. The van der Waals surface area contributed by atoms with Gasteiger partial charge in [0.1, 0.15) is 5.82 Å². The smallest absolute Gasteiger partial charge is 0.225 e. The second kappa shape index (κ2) is 5.46. The second-order valence-corrected chi connectivity index (χ2v) is 3.42. The van der Waals surface area contributed by atoms with Crippen LogP contribution >= 0.6 is 0 Å². The Morgan fingerprint density at radius 2 is 2.13 bits per heavy atom. The fraction of sp³-hybridized carbons (Fsp3) is 0.364. The van der Waals surface area contributed by atoms with Crippen molar-refractivity contribution in [3.8, 4) is 0 Å². The van der Waals surface area contributed by atoms with Crippen LogP contribution in [0.25, 0.3) is 0 Å². The van der Waals surface area contributed by atoms with E-state index in [0.29, 0.717) is 18.7 Å². The van der Waals surface area contributed by atoms with Crippen LogP contribution in [0.2, 0.25) is 0 Å². The average Bonchev–Trinajstić information content (AvgIpc) is 2.13.